The van der Waals surface area contributed by atoms with Crippen molar-refractivity contribution in [3.8, 4) is 5.69 Å². The zero-order chi connectivity index (χ0) is 26.8. The van der Waals surface area contributed by atoms with Crippen LogP contribution in [-0.2, 0) is 40.2 Å². The van der Waals surface area contributed by atoms with Crippen LogP contribution in [0, 0.1) is 0 Å². The summed E-state index contributed by atoms with van der Waals surface area (Å²) in [5.41, 5.74) is 1.38. The first kappa shape index (κ1) is 26.2. The van der Waals surface area contributed by atoms with Crippen molar-refractivity contribution in [2.75, 3.05) is 26.3 Å². The third-order valence-electron chi connectivity index (χ3n) is 7.10. The number of fused-ring (bicyclic) bond motifs is 3. The molecular weight excluding hydrogens is 508 g/mol. The van der Waals surface area contributed by atoms with Gasteiger partial charge in [-0.25, -0.2) is 14.2 Å². The van der Waals surface area contributed by atoms with E-state index in [-0.39, 0.29) is 31.7 Å². The fourth-order valence-electron chi connectivity index (χ4n) is 5.06. The molecule has 0 spiro atoms. The van der Waals surface area contributed by atoms with Gasteiger partial charge in [-0.2, -0.15) is 0 Å². The van der Waals surface area contributed by atoms with Crippen molar-refractivity contribution in [3.05, 3.63) is 61.1 Å². The molecule has 2 amide bonds. The Morgan fingerprint density at radius 2 is 1.97 bits per heavy atom. The number of nitrogens with one attached hydrogen (secondary N) is 1. The second-order valence-electron chi connectivity index (χ2n) is 9.52. The van der Waals surface area contributed by atoms with Gasteiger partial charge in [0.2, 0.25) is 5.91 Å². The highest BCUT2D eigenvalue weighted by atomic mass is 32.1. The molecular formula is C27H32N4O6S. The van der Waals surface area contributed by atoms with E-state index < -0.39 is 17.3 Å². The van der Waals surface area contributed by atoms with Gasteiger partial charge < -0.3 is 19.7 Å². The van der Waals surface area contributed by atoms with Crippen LogP contribution in [-0.4, -0.2) is 58.4 Å². The summed E-state index contributed by atoms with van der Waals surface area (Å²) in [4.78, 5) is 55.8. The first-order valence-electron chi connectivity index (χ1n) is 13.1. The first-order chi connectivity index (χ1) is 18.4. The van der Waals surface area contributed by atoms with Crippen molar-refractivity contribution in [2.45, 2.75) is 58.7 Å². The van der Waals surface area contributed by atoms with E-state index in [1.807, 2.05) is 19.1 Å². The van der Waals surface area contributed by atoms with Crippen molar-refractivity contribution in [1.82, 2.24) is 19.4 Å². The molecule has 4 heterocycles. The van der Waals surface area contributed by atoms with Crippen LogP contribution in [0.25, 0.3) is 15.9 Å². The van der Waals surface area contributed by atoms with Crippen LogP contribution in [0.3, 0.4) is 0 Å². The predicted octanol–water partition coefficient (Wildman–Crippen LogP) is 2.59. The highest BCUT2D eigenvalue weighted by molar-refractivity contribution is 7.18. The van der Waals surface area contributed by atoms with E-state index in [9.17, 15) is 19.2 Å². The fourth-order valence-corrected chi connectivity index (χ4v) is 6.40. The van der Waals surface area contributed by atoms with Crippen LogP contribution in [0.4, 0.5) is 4.79 Å². The Balaban J connectivity index is 1.58. The Morgan fingerprint density at radius 1 is 1.18 bits per heavy atom. The molecule has 1 aromatic carbocycles. The number of amides is 2. The molecule has 11 heteroatoms. The lowest BCUT2D eigenvalue weighted by Crippen LogP contribution is -2.42. The minimum atomic E-state index is -0.570. The number of benzene rings is 1. The minimum Gasteiger partial charge on any atom is -0.450 e. The van der Waals surface area contributed by atoms with Gasteiger partial charge in [0, 0.05) is 24.6 Å². The van der Waals surface area contributed by atoms with Gasteiger partial charge in [-0.3, -0.25) is 14.2 Å². The number of thiophene rings is 1. The molecule has 10 nitrogen and oxygen atoms in total. The van der Waals surface area contributed by atoms with Gasteiger partial charge in [-0.15, -0.1) is 11.3 Å². The quantitative estimate of drug-likeness (QED) is 0.493. The number of ether oxygens (including phenoxy) is 2. The third-order valence-corrected chi connectivity index (χ3v) is 8.34. The summed E-state index contributed by atoms with van der Waals surface area (Å²) in [6, 6.07) is 7.31. The van der Waals surface area contributed by atoms with Crippen LogP contribution in [0.15, 0.2) is 33.9 Å². The smallest absolute Gasteiger partial charge is 0.410 e. The standard InChI is InChI=1S/C27H32N4O6S/c1-3-17-7-9-18(10-8-17)31-24(33)23-20-11-12-29(27(35)36-4-2)15-21(20)38-25(23)30(26(31)34)16-22(32)28-14-19-6-5-13-37-19/h7-10,19H,3-6,11-16H2,1-2H3,(H,28,32)/t19-/m0/s1. The third kappa shape index (κ3) is 5.00. The lowest BCUT2D eigenvalue weighted by molar-refractivity contribution is -0.122. The fraction of sp³-hybridized carbons (Fsp3) is 0.481. The second-order valence-corrected chi connectivity index (χ2v) is 10.6. The zero-order valence-corrected chi connectivity index (χ0v) is 22.5. The summed E-state index contributed by atoms with van der Waals surface area (Å²) in [5.74, 6) is -0.324. The van der Waals surface area contributed by atoms with Crippen LogP contribution >= 0.6 is 11.3 Å². The van der Waals surface area contributed by atoms with E-state index in [1.54, 1.807) is 24.0 Å². The van der Waals surface area contributed by atoms with Gasteiger partial charge in [0.05, 0.1) is 30.3 Å². The largest absolute Gasteiger partial charge is 0.450 e. The van der Waals surface area contributed by atoms with E-state index >= 15 is 0 Å². The van der Waals surface area contributed by atoms with E-state index in [1.165, 1.54) is 15.9 Å². The van der Waals surface area contributed by atoms with Gasteiger partial charge >= 0.3 is 11.8 Å². The van der Waals surface area contributed by atoms with Crippen LogP contribution in [0.5, 0.6) is 0 Å². The van der Waals surface area contributed by atoms with E-state index in [0.717, 1.165) is 39.8 Å². The molecule has 2 aliphatic heterocycles. The SMILES string of the molecule is CCOC(=O)N1CCc2c(sc3c2c(=O)n(-c2ccc(CC)cc2)c(=O)n3CC(=O)NC[C@@H]2CCCO2)C1. The van der Waals surface area contributed by atoms with E-state index in [4.69, 9.17) is 9.47 Å². The maximum atomic E-state index is 13.8. The van der Waals surface area contributed by atoms with E-state index in [0.29, 0.717) is 42.0 Å². The Hall–Kier alpha value is -3.44. The maximum absolute atomic E-state index is 13.8. The first-order valence-corrected chi connectivity index (χ1v) is 13.9. The summed E-state index contributed by atoms with van der Waals surface area (Å²) < 4.78 is 13.3. The molecule has 1 N–H and O–H groups in total. The van der Waals surface area contributed by atoms with Crippen molar-refractivity contribution < 1.29 is 19.1 Å². The van der Waals surface area contributed by atoms with Gasteiger partial charge in [-0.1, -0.05) is 19.1 Å². The number of aromatic nitrogens is 2. The van der Waals surface area contributed by atoms with Gasteiger partial charge in [-0.05, 0) is 55.9 Å². The molecule has 2 aromatic heterocycles. The summed E-state index contributed by atoms with van der Waals surface area (Å²) in [6.07, 6.45) is 2.71. The number of carbonyl (C=O) groups is 2. The van der Waals surface area contributed by atoms with Gasteiger partial charge in [0.1, 0.15) is 11.4 Å². The number of hydrogen-bond acceptors (Lipinski definition) is 7. The highest BCUT2D eigenvalue weighted by Gasteiger charge is 2.29. The normalized spacial score (nSPS) is 17.0. The molecule has 0 saturated carbocycles. The predicted molar refractivity (Wildman–Crippen MR) is 144 cm³/mol. The molecule has 1 fully saturated rings. The van der Waals surface area contributed by atoms with Gasteiger partial charge in [0.15, 0.2) is 0 Å². The Kier molecular flexibility index (Phi) is 7.66. The van der Waals surface area contributed by atoms with Crippen molar-refractivity contribution >= 4 is 33.6 Å². The Labute approximate surface area is 223 Å². The Bertz CT molecular complexity index is 1470. The number of carbonyl (C=O) groups excluding carboxylic acids is 2. The number of rotatable bonds is 7. The summed E-state index contributed by atoms with van der Waals surface area (Å²) >= 11 is 1.28. The summed E-state index contributed by atoms with van der Waals surface area (Å²) in [7, 11) is 0. The summed E-state index contributed by atoms with van der Waals surface area (Å²) in [6.45, 7) is 5.60. The van der Waals surface area contributed by atoms with Crippen LogP contribution in [0.1, 0.15) is 42.7 Å². The lowest BCUT2D eigenvalue weighted by atomic mass is 10.1. The van der Waals surface area contributed by atoms with Crippen LogP contribution < -0.4 is 16.6 Å². The van der Waals surface area contributed by atoms with Crippen molar-refractivity contribution in [3.63, 3.8) is 0 Å². The molecule has 0 unspecified atom stereocenters. The monoisotopic (exact) mass is 540 g/mol. The van der Waals surface area contributed by atoms with Crippen LogP contribution in [0.2, 0.25) is 0 Å². The average molecular weight is 541 g/mol. The summed E-state index contributed by atoms with van der Waals surface area (Å²) in [5, 5.41) is 3.31. The number of hydrogen-bond donors (Lipinski definition) is 1. The molecule has 0 bridgehead atoms. The molecule has 1 saturated heterocycles. The minimum absolute atomic E-state index is 0.0235. The molecule has 3 aromatic rings. The lowest BCUT2D eigenvalue weighted by Gasteiger charge is -2.25. The van der Waals surface area contributed by atoms with Gasteiger partial charge in [0.25, 0.3) is 5.56 Å². The molecule has 202 valence electrons. The molecule has 2 aliphatic rings. The molecule has 5 rings (SSSR count). The zero-order valence-electron chi connectivity index (χ0n) is 21.7. The number of aryl methyl sites for hydroxylation is 1. The molecule has 0 radical (unpaired) electrons. The van der Waals surface area contributed by atoms with E-state index in [2.05, 4.69) is 5.32 Å². The molecule has 1 atom stereocenters. The average Bonchev–Trinajstić information content (AvgIpc) is 3.58. The highest BCUT2D eigenvalue weighted by Crippen LogP contribution is 2.33. The Morgan fingerprint density at radius 3 is 2.66 bits per heavy atom. The molecule has 0 aliphatic carbocycles. The number of nitrogens with zero attached hydrogens (tertiary/aromatic N) is 3. The molecule has 38 heavy (non-hydrogen) atoms. The topological polar surface area (TPSA) is 112 Å². The van der Waals surface area contributed by atoms with Crippen molar-refractivity contribution in [1.29, 1.82) is 0 Å². The second kappa shape index (κ2) is 11.1. The maximum Gasteiger partial charge on any atom is 0.410 e. The van der Waals surface area contributed by atoms with Crippen molar-refractivity contribution in [2.24, 2.45) is 0 Å².